The van der Waals surface area contributed by atoms with Crippen LogP contribution in [0.5, 0.6) is 0 Å². The van der Waals surface area contributed by atoms with Crippen molar-refractivity contribution < 1.29 is 4.79 Å². The van der Waals surface area contributed by atoms with Gasteiger partial charge in [0, 0.05) is 34.0 Å². The van der Waals surface area contributed by atoms with Crippen molar-refractivity contribution in [1.82, 2.24) is 9.38 Å². The third kappa shape index (κ3) is 2.22. The average molecular weight is 390 g/mol. The molecule has 1 atom stereocenters. The Hall–Kier alpha value is -1.99. The minimum absolute atomic E-state index is 0.00868. The molecule has 0 bridgehead atoms. The first kappa shape index (κ1) is 14.6. The first-order chi connectivity index (χ1) is 11.1. The largest absolute Gasteiger partial charge is 0.305 e. The van der Waals surface area contributed by atoms with Crippen LogP contribution < -0.4 is 10.5 Å². The summed E-state index contributed by atoms with van der Waals surface area (Å²) in [7, 11) is 0. The van der Waals surface area contributed by atoms with Crippen molar-refractivity contribution in [2.45, 2.75) is 19.4 Å². The number of halogens is 1. The molecule has 116 valence electrons. The number of carbonyl (C=O) groups excluding carboxylic acids is 1. The molecule has 0 saturated carbocycles. The summed E-state index contributed by atoms with van der Waals surface area (Å²) >= 11 is 4.82. The van der Waals surface area contributed by atoms with Crippen LogP contribution in [0.25, 0.3) is 4.96 Å². The van der Waals surface area contributed by atoms with Crippen LogP contribution in [0.2, 0.25) is 0 Å². The van der Waals surface area contributed by atoms with Crippen molar-refractivity contribution in [3.05, 3.63) is 61.9 Å². The zero-order chi connectivity index (χ0) is 16.1. The van der Waals surface area contributed by atoms with E-state index in [-0.39, 0.29) is 23.1 Å². The van der Waals surface area contributed by atoms with E-state index < -0.39 is 0 Å². The van der Waals surface area contributed by atoms with Crippen LogP contribution in [-0.4, -0.2) is 21.3 Å². The van der Waals surface area contributed by atoms with E-state index >= 15 is 0 Å². The molecule has 1 aliphatic heterocycles. The Morgan fingerprint density at radius 2 is 2.26 bits per heavy atom. The topological polar surface area (TPSA) is 54.7 Å². The molecule has 0 radical (unpaired) electrons. The smallest absolute Gasteiger partial charge is 0.271 e. The predicted octanol–water partition coefficient (Wildman–Crippen LogP) is 3.11. The van der Waals surface area contributed by atoms with Crippen LogP contribution in [-0.2, 0) is 6.42 Å². The lowest BCUT2D eigenvalue weighted by atomic mass is 10.1. The molecular formula is C16H12BrN3O2S. The van der Waals surface area contributed by atoms with Crippen molar-refractivity contribution in [3.8, 4) is 0 Å². The molecule has 0 spiro atoms. The van der Waals surface area contributed by atoms with Crippen molar-refractivity contribution >= 4 is 43.8 Å². The molecule has 7 heteroatoms. The van der Waals surface area contributed by atoms with Crippen molar-refractivity contribution in [3.63, 3.8) is 0 Å². The van der Waals surface area contributed by atoms with Gasteiger partial charge in [0.05, 0.1) is 0 Å². The lowest BCUT2D eigenvalue weighted by molar-refractivity contribution is 0.0979. The normalized spacial score (nSPS) is 16.8. The molecule has 0 N–H and O–H groups in total. The van der Waals surface area contributed by atoms with Gasteiger partial charge in [-0.15, -0.1) is 11.3 Å². The van der Waals surface area contributed by atoms with Gasteiger partial charge in [0.2, 0.25) is 0 Å². The minimum Gasteiger partial charge on any atom is -0.305 e. The Morgan fingerprint density at radius 1 is 1.43 bits per heavy atom. The molecule has 0 saturated heterocycles. The van der Waals surface area contributed by atoms with Crippen molar-refractivity contribution in [1.29, 1.82) is 0 Å². The fourth-order valence-electron chi connectivity index (χ4n) is 3.01. The molecule has 1 unspecified atom stereocenters. The fraction of sp³-hybridized carbons (Fsp3) is 0.188. The minimum atomic E-state index is -0.320. The molecule has 23 heavy (non-hydrogen) atoms. The van der Waals surface area contributed by atoms with E-state index in [9.17, 15) is 9.59 Å². The van der Waals surface area contributed by atoms with E-state index in [0.29, 0.717) is 4.96 Å². The monoisotopic (exact) mass is 389 g/mol. The number of aromatic nitrogens is 2. The number of fused-ring (bicyclic) bond motifs is 2. The van der Waals surface area contributed by atoms with Gasteiger partial charge in [0.1, 0.15) is 5.56 Å². The number of nitrogens with zero attached hydrogens (tertiary/aromatic N) is 3. The zero-order valence-corrected chi connectivity index (χ0v) is 14.6. The second kappa shape index (κ2) is 5.28. The van der Waals surface area contributed by atoms with E-state index in [1.165, 1.54) is 21.9 Å². The van der Waals surface area contributed by atoms with Gasteiger partial charge in [-0.2, -0.15) is 0 Å². The molecule has 0 aliphatic carbocycles. The maximum atomic E-state index is 13.0. The summed E-state index contributed by atoms with van der Waals surface area (Å²) in [4.78, 5) is 32.0. The number of thiazole rings is 1. The lowest BCUT2D eigenvalue weighted by Crippen LogP contribution is -2.39. The molecule has 3 aromatic rings. The highest BCUT2D eigenvalue weighted by atomic mass is 79.9. The first-order valence-corrected chi connectivity index (χ1v) is 8.80. The summed E-state index contributed by atoms with van der Waals surface area (Å²) in [6, 6.07) is 5.85. The maximum Gasteiger partial charge on any atom is 0.271 e. The van der Waals surface area contributed by atoms with Gasteiger partial charge < -0.3 is 4.90 Å². The van der Waals surface area contributed by atoms with Gasteiger partial charge in [-0.1, -0.05) is 15.9 Å². The second-order valence-corrected chi connectivity index (χ2v) is 7.32. The number of anilines is 1. The molecule has 5 nitrogen and oxygen atoms in total. The maximum absolute atomic E-state index is 13.0. The van der Waals surface area contributed by atoms with Gasteiger partial charge in [-0.3, -0.25) is 14.0 Å². The highest BCUT2D eigenvalue weighted by molar-refractivity contribution is 9.10. The molecule has 1 aromatic carbocycles. The van der Waals surface area contributed by atoms with Crippen LogP contribution >= 0.6 is 27.3 Å². The van der Waals surface area contributed by atoms with Crippen LogP contribution in [0.1, 0.15) is 22.8 Å². The third-order valence-electron chi connectivity index (χ3n) is 4.05. The summed E-state index contributed by atoms with van der Waals surface area (Å²) in [6.07, 6.45) is 3.81. The van der Waals surface area contributed by atoms with E-state index in [4.69, 9.17) is 0 Å². The Labute approximate surface area is 144 Å². The summed E-state index contributed by atoms with van der Waals surface area (Å²) in [6.45, 7) is 1.99. The zero-order valence-electron chi connectivity index (χ0n) is 12.2. The van der Waals surface area contributed by atoms with Crippen LogP contribution in [0.4, 0.5) is 5.69 Å². The number of hydrogen-bond acceptors (Lipinski definition) is 4. The Bertz CT molecular complexity index is 994. The van der Waals surface area contributed by atoms with Gasteiger partial charge in [0.25, 0.3) is 11.5 Å². The van der Waals surface area contributed by atoms with E-state index in [2.05, 4.69) is 20.9 Å². The van der Waals surface area contributed by atoms with E-state index in [1.807, 2.05) is 25.1 Å². The summed E-state index contributed by atoms with van der Waals surface area (Å²) in [5, 5.41) is 1.78. The number of rotatable bonds is 1. The number of amides is 1. The molecule has 1 amide bonds. The predicted molar refractivity (Wildman–Crippen MR) is 93.5 cm³/mol. The van der Waals surface area contributed by atoms with Crippen LogP contribution in [0, 0.1) is 0 Å². The molecule has 1 aliphatic rings. The standard InChI is InChI=1S/C16H12BrN3O2S/c1-9-6-10-7-11(17)2-3-13(10)20(9)15(22)12-8-18-16-19(14(12)21)4-5-23-16/h2-5,7-9H,6H2,1H3. The van der Waals surface area contributed by atoms with Gasteiger partial charge in [0.15, 0.2) is 4.96 Å². The number of carbonyl (C=O) groups is 1. The highest BCUT2D eigenvalue weighted by Crippen LogP contribution is 2.34. The molecule has 2 aromatic heterocycles. The first-order valence-electron chi connectivity index (χ1n) is 7.13. The Balaban J connectivity index is 1.83. The molecular weight excluding hydrogens is 378 g/mol. The van der Waals surface area contributed by atoms with Crippen molar-refractivity contribution in [2.24, 2.45) is 0 Å². The second-order valence-electron chi connectivity index (χ2n) is 5.53. The van der Waals surface area contributed by atoms with Gasteiger partial charge in [-0.25, -0.2) is 4.98 Å². The highest BCUT2D eigenvalue weighted by Gasteiger charge is 2.33. The van der Waals surface area contributed by atoms with Crippen molar-refractivity contribution in [2.75, 3.05) is 4.90 Å². The quantitative estimate of drug-likeness (QED) is 0.642. The van der Waals surface area contributed by atoms with Gasteiger partial charge in [-0.05, 0) is 37.1 Å². The Kier molecular flexibility index (Phi) is 3.35. The average Bonchev–Trinajstić information content (AvgIpc) is 3.10. The summed E-state index contributed by atoms with van der Waals surface area (Å²) < 4.78 is 2.40. The van der Waals surface area contributed by atoms with E-state index in [0.717, 1.165) is 22.1 Å². The SMILES string of the molecule is CC1Cc2cc(Br)ccc2N1C(=O)c1cnc2sccn2c1=O. The fourth-order valence-corrected chi connectivity index (χ4v) is 4.09. The number of hydrogen-bond donors (Lipinski definition) is 0. The van der Waals surface area contributed by atoms with E-state index in [1.54, 1.807) is 16.5 Å². The van der Waals surface area contributed by atoms with Crippen LogP contribution in [0.3, 0.4) is 0 Å². The van der Waals surface area contributed by atoms with Gasteiger partial charge >= 0.3 is 0 Å². The Morgan fingerprint density at radius 3 is 3.09 bits per heavy atom. The molecule has 4 rings (SSSR count). The lowest BCUT2D eigenvalue weighted by Gasteiger charge is -2.22. The molecule has 3 heterocycles. The molecule has 0 fully saturated rings. The number of benzene rings is 1. The van der Waals surface area contributed by atoms with Crippen LogP contribution in [0.15, 0.2) is 45.2 Å². The summed E-state index contributed by atoms with van der Waals surface area (Å²) in [5.74, 6) is -0.295. The summed E-state index contributed by atoms with van der Waals surface area (Å²) in [5.41, 5.74) is 1.74. The third-order valence-corrected chi connectivity index (χ3v) is 5.31.